The van der Waals surface area contributed by atoms with Crippen LogP contribution in [0.5, 0.6) is 5.75 Å². The molecule has 1 fully saturated rings. The predicted molar refractivity (Wildman–Crippen MR) is 130 cm³/mol. The summed E-state index contributed by atoms with van der Waals surface area (Å²) in [5.41, 5.74) is 2.38. The summed E-state index contributed by atoms with van der Waals surface area (Å²) in [5.74, 6) is 0.176. The minimum absolute atomic E-state index is 0.0817. The van der Waals surface area contributed by atoms with Gasteiger partial charge in [-0.2, -0.15) is 0 Å². The number of thiazole rings is 1. The third-order valence-electron chi connectivity index (χ3n) is 4.96. The second-order valence-corrected chi connectivity index (χ2v) is 10.9. The van der Waals surface area contributed by atoms with E-state index >= 15 is 0 Å². The number of carbonyl (C=O) groups excluding carboxylic acids is 2. The lowest BCUT2D eigenvalue weighted by Gasteiger charge is -2.43. The van der Waals surface area contributed by atoms with Crippen LogP contribution in [-0.4, -0.2) is 40.3 Å². The van der Waals surface area contributed by atoms with Crippen LogP contribution in [-0.2, 0) is 20.9 Å². The van der Waals surface area contributed by atoms with Crippen LogP contribution in [0, 0.1) is 0 Å². The number of methoxy groups -OCH3 is 1. The van der Waals surface area contributed by atoms with E-state index in [2.05, 4.69) is 11.6 Å². The van der Waals surface area contributed by atoms with E-state index in [9.17, 15) is 9.59 Å². The number of esters is 1. The third-order valence-corrected chi connectivity index (χ3v) is 8.98. The molecule has 0 N–H and O–H groups in total. The summed E-state index contributed by atoms with van der Waals surface area (Å²) in [6, 6.07) is 14.5. The molecule has 1 aromatic heterocycles. The molecule has 32 heavy (non-hydrogen) atoms. The molecule has 0 aliphatic carbocycles. The maximum Gasteiger partial charge on any atom is 0.333 e. The summed E-state index contributed by atoms with van der Waals surface area (Å²) in [5, 5.41) is -0.144. The van der Waals surface area contributed by atoms with Gasteiger partial charge in [-0.1, -0.05) is 41.6 Å². The second kappa shape index (κ2) is 9.97. The fourth-order valence-corrected chi connectivity index (χ4v) is 7.09. The van der Waals surface area contributed by atoms with Crippen molar-refractivity contribution in [3.8, 4) is 5.75 Å². The van der Waals surface area contributed by atoms with Gasteiger partial charge >= 0.3 is 5.97 Å². The number of β-lactam (4-membered cyclic amide) rings is 1. The number of rotatable bonds is 9. The van der Waals surface area contributed by atoms with Crippen LogP contribution in [0.25, 0.3) is 10.2 Å². The monoisotopic (exact) mass is 486 g/mol. The van der Waals surface area contributed by atoms with Gasteiger partial charge in [0.2, 0.25) is 5.91 Å². The molecule has 2 aromatic carbocycles. The number of ether oxygens (including phenoxy) is 2. The van der Waals surface area contributed by atoms with Gasteiger partial charge in [0.05, 0.1) is 29.1 Å². The number of amides is 1. The number of benzene rings is 2. The standard InChI is InChI=1S/C23H22N2O4S3/c1-14(2)21(22(27)29-13-15-8-10-16(28-3)11-9-15)25-19(26)12-20(25)31-32-23-24-17-6-4-5-7-18(17)30-23/h4-11,20-21H,1,12-13H2,2-3H3. The number of carbonyl (C=O) groups is 2. The van der Waals surface area contributed by atoms with Gasteiger partial charge in [0.25, 0.3) is 0 Å². The van der Waals surface area contributed by atoms with Crippen molar-refractivity contribution in [2.45, 2.75) is 35.7 Å². The molecule has 9 heteroatoms. The number of para-hydroxylation sites is 1. The van der Waals surface area contributed by atoms with E-state index in [1.54, 1.807) is 30.3 Å². The highest BCUT2D eigenvalue weighted by Gasteiger charge is 2.45. The lowest BCUT2D eigenvalue weighted by atomic mass is 10.0. The largest absolute Gasteiger partial charge is 0.497 e. The molecule has 0 bridgehead atoms. The zero-order valence-corrected chi connectivity index (χ0v) is 20.1. The Morgan fingerprint density at radius 3 is 2.69 bits per heavy atom. The molecule has 0 saturated carbocycles. The van der Waals surface area contributed by atoms with Crippen molar-refractivity contribution in [2.75, 3.05) is 7.11 Å². The van der Waals surface area contributed by atoms with Crippen LogP contribution in [0.15, 0.2) is 65.0 Å². The smallest absolute Gasteiger partial charge is 0.333 e. The Bertz CT molecular complexity index is 1110. The Morgan fingerprint density at radius 1 is 1.28 bits per heavy atom. The third kappa shape index (κ3) is 4.95. The summed E-state index contributed by atoms with van der Waals surface area (Å²) < 4.78 is 12.7. The first kappa shape index (κ1) is 22.7. The molecule has 0 spiro atoms. The zero-order chi connectivity index (χ0) is 22.7. The molecule has 1 aliphatic rings. The van der Waals surface area contributed by atoms with Crippen molar-refractivity contribution in [1.82, 2.24) is 9.88 Å². The normalized spacial score (nSPS) is 16.5. The van der Waals surface area contributed by atoms with Gasteiger partial charge in [-0.3, -0.25) is 4.79 Å². The number of fused-ring (bicyclic) bond motifs is 1. The van der Waals surface area contributed by atoms with Crippen molar-refractivity contribution in [3.63, 3.8) is 0 Å². The number of nitrogens with zero attached hydrogens (tertiary/aromatic N) is 2. The lowest BCUT2D eigenvalue weighted by molar-refractivity contribution is -0.160. The highest BCUT2D eigenvalue weighted by atomic mass is 33.1. The summed E-state index contributed by atoms with van der Waals surface area (Å²) in [7, 11) is 4.66. The first-order valence-electron chi connectivity index (χ1n) is 9.91. The van der Waals surface area contributed by atoms with E-state index in [1.165, 1.54) is 21.6 Å². The van der Waals surface area contributed by atoms with Crippen LogP contribution in [0.4, 0.5) is 0 Å². The molecular weight excluding hydrogens is 464 g/mol. The summed E-state index contributed by atoms with van der Waals surface area (Å²) >= 11 is 1.61. The van der Waals surface area contributed by atoms with E-state index in [4.69, 9.17) is 9.47 Å². The van der Waals surface area contributed by atoms with E-state index in [-0.39, 0.29) is 17.9 Å². The maximum absolute atomic E-state index is 12.9. The minimum atomic E-state index is -0.803. The minimum Gasteiger partial charge on any atom is -0.497 e. The SMILES string of the molecule is C=C(C)C(C(=O)OCc1ccc(OC)cc1)N1C(=O)CC1SSc1nc2ccccc2s1. The molecule has 2 atom stereocenters. The predicted octanol–water partition coefficient (Wildman–Crippen LogP) is 5.29. The second-order valence-electron chi connectivity index (χ2n) is 7.29. The Kier molecular flexibility index (Phi) is 7.07. The van der Waals surface area contributed by atoms with Gasteiger partial charge in [-0.05, 0) is 53.1 Å². The van der Waals surface area contributed by atoms with Crippen LogP contribution >= 0.6 is 32.9 Å². The van der Waals surface area contributed by atoms with Gasteiger partial charge in [0, 0.05) is 0 Å². The van der Waals surface area contributed by atoms with Gasteiger partial charge in [0.1, 0.15) is 12.4 Å². The Morgan fingerprint density at radius 2 is 2.03 bits per heavy atom. The lowest BCUT2D eigenvalue weighted by Crippen LogP contribution is -2.58. The fourth-order valence-electron chi connectivity index (χ4n) is 3.28. The zero-order valence-electron chi connectivity index (χ0n) is 17.6. The quantitative estimate of drug-likeness (QED) is 0.176. The fraction of sp³-hybridized carbons (Fsp3) is 0.261. The number of hydrogen-bond acceptors (Lipinski definition) is 8. The summed E-state index contributed by atoms with van der Waals surface area (Å²) in [6.07, 6.45) is 0.373. The molecule has 1 aliphatic heterocycles. The van der Waals surface area contributed by atoms with E-state index in [0.717, 1.165) is 25.9 Å². The molecule has 3 aromatic rings. The highest BCUT2D eigenvalue weighted by molar-refractivity contribution is 8.77. The summed E-state index contributed by atoms with van der Waals surface area (Å²) in [6.45, 7) is 5.80. The van der Waals surface area contributed by atoms with Crippen molar-refractivity contribution >= 4 is 55.0 Å². The van der Waals surface area contributed by atoms with Gasteiger partial charge < -0.3 is 14.4 Å². The molecule has 1 saturated heterocycles. The molecule has 166 valence electrons. The van der Waals surface area contributed by atoms with E-state index in [0.29, 0.717) is 12.0 Å². The Labute approximate surface area is 198 Å². The van der Waals surface area contributed by atoms with Crippen LogP contribution in [0.2, 0.25) is 0 Å². The topological polar surface area (TPSA) is 68.7 Å². The molecule has 1 amide bonds. The van der Waals surface area contributed by atoms with Crippen molar-refractivity contribution in [1.29, 1.82) is 0 Å². The molecule has 2 heterocycles. The molecule has 4 rings (SSSR count). The molecule has 2 unspecified atom stereocenters. The van der Waals surface area contributed by atoms with Gasteiger partial charge in [-0.15, -0.1) is 11.3 Å². The number of likely N-dealkylation sites (tertiary alicyclic amines) is 1. The van der Waals surface area contributed by atoms with Crippen molar-refractivity contribution in [3.05, 3.63) is 66.2 Å². The number of aromatic nitrogens is 1. The highest BCUT2D eigenvalue weighted by Crippen LogP contribution is 2.45. The first-order chi connectivity index (χ1) is 15.5. The van der Waals surface area contributed by atoms with Gasteiger partial charge in [-0.25, -0.2) is 9.78 Å². The average Bonchev–Trinajstić information content (AvgIpc) is 3.21. The maximum atomic E-state index is 12.9. The van der Waals surface area contributed by atoms with Crippen LogP contribution < -0.4 is 4.74 Å². The Balaban J connectivity index is 1.38. The average molecular weight is 487 g/mol. The summed E-state index contributed by atoms with van der Waals surface area (Å²) in [4.78, 5) is 31.5. The molecular formula is C23H22N2O4S3. The van der Waals surface area contributed by atoms with Crippen LogP contribution in [0.1, 0.15) is 18.9 Å². The molecule has 0 radical (unpaired) electrons. The van der Waals surface area contributed by atoms with Gasteiger partial charge in [0.15, 0.2) is 10.4 Å². The Hall–Kier alpha value is -2.49. The first-order valence-corrected chi connectivity index (χ1v) is 12.9. The van der Waals surface area contributed by atoms with Crippen molar-refractivity contribution < 1.29 is 19.1 Å². The van der Waals surface area contributed by atoms with Crippen molar-refractivity contribution in [2.24, 2.45) is 0 Å². The van der Waals surface area contributed by atoms with E-state index < -0.39 is 12.0 Å². The van der Waals surface area contributed by atoms with Crippen LogP contribution in [0.3, 0.4) is 0 Å². The number of hydrogen-bond donors (Lipinski definition) is 0. The van der Waals surface area contributed by atoms with E-state index in [1.807, 2.05) is 48.5 Å². The molecule has 6 nitrogen and oxygen atoms in total.